The highest BCUT2D eigenvalue weighted by atomic mass is 35.5. The van der Waals surface area contributed by atoms with Gasteiger partial charge >= 0.3 is 0 Å². The molecule has 124 valence electrons. The molecule has 1 saturated carbocycles. The van der Waals surface area contributed by atoms with Crippen LogP contribution in [-0.4, -0.2) is 38.1 Å². The highest BCUT2D eigenvalue weighted by Gasteiger charge is 2.27. The third kappa shape index (κ3) is 4.96. The molecule has 0 aliphatic heterocycles. The van der Waals surface area contributed by atoms with Gasteiger partial charge in [0.25, 0.3) is 0 Å². The van der Waals surface area contributed by atoms with Crippen molar-refractivity contribution >= 4 is 38.7 Å². The molecular formula is C15H22ClNO3S2. The molecule has 0 bridgehead atoms. The maximum Gasteiger partial charge on any atom is 0.237 e. The molecule has 0 aromatic carbocycles. The molecule has 0 unspecified atom stereocenters. The van der Waals surface area contributed by atoms with Gasteiger partial charge < -0.3 is 4.90 Å². The molecule has 0 N–H and O–H groups in total. The van der Waals surface area contributed by atoms with Crippen molar-refractivity contribution in [2.75, 3.05) is 12.8 Å². The summed E-state index contributed by atoms with van der Waals surface area (Å²) in [6, 6.07) is 3.55. The summed E-state index contributed by atoms with van der Waals surface area (Å²) in [6.45, 7) is 2.22. The lowest BCUT2D eigenvalue weighted by Gasteiger charge is -2.33. The van der Waals surface area contributed by atoms with Gasteiger partial charge in [0, 0.05) is 18.0 Å². The van der Waals surface area contributed by atoms with Gasteiger partial charge in [-0.25, -0.2) is 8.42 Å². The second kappa shape index (κ2) is 7.32. The monoisotopic (exact) mass is 363 g/mol. The first-order valence-corrected chi connectivity index (χ1v) is 10.5. The van der Waals surface area contributed by atoms with Crippen LogP contribution >= 0.6 is 22.9 Å². The van der Waals surface area contributed by atoms with Crippen molar-refractivity contribution in [2.24, 2.45) is 5.92 Å². The van der Waals surface area contributed by atoms with E-state index in [1.165, 1.54) is 11.3 Å². The van der Waals surface area contributed by atoms with E-state index >= 15 is 0 Å². The highest BCUT2D eigenvalue weighted by molar-refractivity contribution is 7.91. The Kier molecular flexibility index (Phi) is 5.91. The first-order valence-electron chi connectivity index (χ1n) is 7.47. The van der Waals surface area contributed by atoms with E-state index in [-0.39, 0.29) is 17.7 Å². The zero-order valence-electron chi connectivity index (χ0n) is 12.9. The summed E-state index contributed by atoms with van der Waals surface area (Å²) in [4.78, 5) is 14.6. The van der Waals surface area contributed by atoms with Gasteiger partial charge in [-0.2, -0.15) is 0 Å². The maximum absolute atomic E-state index is 12.3. The fourth-order valence-corrected chi connectivity index (χ4v) is 5.69. The lowest BCUT2D eigenvalue weighted by Crippen LogP contribution is -2.42. The summed E-state index contributed by atoms with van der Waals surface area (Å²) >= 11 is 7.05. The Morgan fingerprint density at radius 2 is 1.95 bits per heavy atom. The van der Waals surface area contributed by atoms with Crippen LogP contribution in [0.1, 0.15) is 37.5 Å². The first kappa shape index (κ1) is 17.8. The molecule has 4 nitrogen and oxygen atoms in total. The van der Waals surface area contributed by atoms with Gasteiger partial charge in [0.05, 0.1) is 10.1 Å². The Morgan fingerprint density at radius 3 is 2.50 bits per heavy atom. The van der Waals surface area contributed by atoms with Gasteiger partial charge in [0.1, 0.15) is 5.75 Å². The highest BCUT2D eigenvalue weighted by Crippen LogP contribution is 2.27. The third-order valence-electron chi connectivity index (χ3n) is 4.26. The zero-order valence-corrected chi connectivity index (χ0v) is 15.3. The van der Waals surface area contributed by atoms with Crippen LogP contribution in [0.2, 0.25) is 4.34 Å². The fourth-order valence-electron chi connectivity index (χ4n) is 2.82. The fraction of sp³-hybridized carbons (Fsp3) is 0.667. The van der Waals surface area contributed by atoms with E-state index in [4.69, 9.17) is 11.6 Å². The average molecular weight is 364 g/mol. The zero-order chi connectivity index (χ0) is 16.3. The van der Waals surface area contributed by atoms with Gasteiger partial charge in [-0.3, -0.25) is 4.79 Å². The van der Waals surface area contributed by atoms with Crippen LogP contribution in [0.5, 0.6) is 0 Å². The molecule has 7 heteroatoms. The summed E-state index contributed by atoms with van der Waals surface area (Å²) in [7, 11) is -1.73. The van der Waals surface area contributed by atoms with E-state index in [0.717, 1.165) is 25.7 Å². The smallest absolute Gasteiger partial charge is 0.237 e. The molecule has 2 rings (SSSR count). The molecule has 1 aliphatic carbocycles. The van der Waals surface area contributed by atoms with E-state index in [1.807, 2.05) is 0 Å². The standard InChI is InChI=1S/C15H22ClNO3S2/c1-11-3-5-12(6-4-11)17(2)15(18)10-22(19,20)9-13-7-8-14(16)21-13/h7-8,11-12H,3-6,9-10H2,1-2H3. The van der Waals surface area contributed by atoms with E-state index in [9.17, 15) is 13.2 Å². The van der Waals surface area contributed by atoms with Crippen molar-refractivity contribution < 1.29 is 13.2 Å². The van der Waals surface area contributed by atoms with Crippen LogP contribution in [0, 0.1) is 5.92 Å². The quantitative estimate of drug-likeness (QED) is 0.806. The van der Waals surface area contributed by atoms with E-state index in [2.05, 4.69) is 6.92 Å². The number of halogens is 1. The largest absolute Gasteiger partial charge is 0.342 e. The van der Waals surface area contributed by atoms with Gasteiger partial charge in [-0.15, -0.1) is 11.3 Å². The lowest BCUT2D eigenvalue weighted by molar-refractivity contribution is -0.129. The second-order valence-corrected chi connectivity index (χ2v) is 10.0. The summed E-state index contributed by atoms with van der Waals surface area (Å²) in [5.74, 6) is -0.147. The van der Waals surface area contributed by atoms with Gasteiger partial charge in [0.2, 0.25) is 5.91 Å². The minimum Gasteiger partial charge on any atom is -0.342 e. The molecule has 0 atom stereocenters. The molecule has 0 spiro atoms. The number of sulfone groups is 1. The number of nitrogens with zero attached hydrogens (tertiary/aromatic N) is 1. The Bertz CT molecular complexity index is 618. The maximum atomic E-state index is 12.3. The number of amides is 1. The minimum absolute atomic E-state index is 0.119. The Balaban J connectivity index is 1.92. The van der Waals surface area contributed by atoms with Gasteiger partial charge in [-0.1, -0.05) is 18.5 Å². The number of carbonyl (C=O) groups is 1. The number of hydrogen-bond donors (Lipinski definition) is 0. The van der Waals surface area contributed by atoms with Crippen LogP contribution in [0.3, 0.4) is 0 Å². The van der Waals surface area contributed by atoms with E-state index in [0.29, 0.717) is 15.1 Å². The number of carbonyl (C=O) groups excluding carboxylic acids is 1. The lowest BCUT2D eigenvalue weighted by atomic mass is 9.87. The molecule has 1 aromatic heterocycles. The van der Waals surface area contributed by atoms with Crippen LogP contribution in [-0.2, 0) is 20.4 Å². The van der Waals surface area contributed by atoms with Crippen molar-refractivity contribution in [3.8, 4) is 0 Å². The van der Waals surface area contributed by atoms with Crippen molar-refractivity contribution in [2.45, 2.75) is 44.4 Å². The molecule has 0 radical (unpaired) electrons. The molecule has 1 heterocycles. The van der Waals surface area contributed by atoms with Crippen molar-refractivity contribution in [3.05, 3.63) is 21.3 Å². The summed E-state index contributed by atoms with van der Waals surface area (Å²) in [5, 5.41) is 0. The molecule has 1 amide bonds. The van der Waals surface area contributed by atoms with E-state index < -0.39 is 15.6 Å². The Labute approximate surface area is 141 Å². The molecule has 1 aromatic rings. The molecule has 22 heavy (non-hydrogen) atoms. The Hall–Kier alpha value is -0.590. The number of rotatable bonds is 5. The summed E-state index contributed by atoms with van der Waals surface area (Å²) < 4.78 is 24.9. The summed E-state index contributed by atoms with van der Waals surface area (Å²) in [6.07, 6.45) is 4.12. The SMILES string of the molecule is CC1CCC(N(C)C(=O)CS(=O)(=O)Cc2ccc(Cl)s2)CC1. The average Bonchev–Trinajstić information content (AvgIpc) is 2.82. The topological polar surface area (TPSA) is 54.5 Å². The number of thiophene rings is 1. The van der Waals surface area contributed by atoms with Crippen molar-refractivity contribution in [1.29, 1.82) is 0 Å². The summed E-state index contributed by atoms with van der Waals surface area (Å²) in [5.41, 5.74) is 0. The predicted molar refractivity (Wildman–Crippen MR) is 91.0 cm³/mol. The van der Waals surface area contributed by atoms with Crippen molar-refractivity contribution in [1.82, 2.24) is 4.90 Å². The normalized spacial score (nSPS) is 22.5. The van der Waals surface area contributed by atoms with Crippen LogP contribution in [0.4, 0.5) is 0 Å². The van der Waals surface area contributed by atoms with Crippen molar-refractivity contribution in [3.63, 3.8) is 0 Å². The predicted octanol–water partition coefficient (Wildman–Crippen LogP) is 3.35. The Morgan fingerprint density at radius 1 is 1.32 bits per heavy atom. The van der Waals surface area contributed by atoms with Gasteiger partial charge in [0.15, 0.2) is 9.84 Å². The third-order valence-corrected chi connectivity index (χ3v) is 7.11. The van der Waals surface area contributed by atoms with Crippen LogP contribution < -0.4 is 0 Å². The van der Waals surface area contributed by atoms with Crippen LogP contribution in [0.25, 0.3) is 0 Å². The molecule has 1 fully saturated rings. The molecule has 0 saturated heterocycles. The first-order chi connectivity index (χ1) is 10.3. The van der Waals surface area contributed by atoms with Gasteiger partial charge in [-0.05, 0) is 43.7 Å². The number of hydrogen-bond acceptors (Lipinski definition) is 4. The van der Waals surface area contributed by atoms with E-state index in [1.54, 1.807) is 24.1 Å². The molecular weight excluding hydrogens is 342 g/mol. The van der Waals surface area contributed by atoms with Crippen LogP contribution in [0.15, 0.2) is 12.1 Å². The second-order valence-electron chi connectivity index (χ2n) is 6.16. The minimum atomic E-state index is -3.45. The molecule has 1 aliphatic rings.